The van der Waals surface area contributed by atoms with Gasteiger partial charge in [-0.25, -0.2) is 0 Å². The van der Waals surface area contributed by atoms with Crippen LogP contribution in [0.1, 0.15) is 69.9 Å². The summed E-state index contributed by atoms with van der Waals surface area (Å²) in [5.41, 5.74) is 5.86. The lowest BCUT2D eigenvalue weighted by Gasteiger charge is -2.18. The largest absolute Gasteiger partial charge is 0.0654 e. The molecule has 0 bridgehead atoms. The molecule has 0 nitrogen and oxygen atoms in total. The standard InChI is InChI=1S/C22H30/c1-4-5-6-7-9-13-20-16-12-17-21(18(2)3)22(20)19-14-10-8-11-15-19/h8,10-12,14-18H,4-7,9,13H2,1-3H3. The van der Waals surface area contributed by atoms with E-state index in [4.69, 9.17) is 0 Å². The lowest BCUT2D eigenvalue weighted by Crippen LogP contribution is -1.98. The molecule has 0 aliphatic rings. The van der Waals surface area contributed by atoms with Gasteiger partial charge in [0.05, 0.1) is 0 Å². The molecule has 0 saturated carbocycles. The van der Waals surface area contributed by atoms with Crippen LogP contribution in [0.5, 0.6) is 0 Å². The number of hydrogen-bond acceptors (Lipinski definition) is 0. The van der Waals surface area contributed by atoms with E-state index in [0.29, 0.717) is 5.92 Å². The number of benzene rings is 2. The molecule has 0 aromatic heterocycles. The molecule has 0 N–H and O–H groups in total. The Balaban J connectivity index is 2.23. The van der Waals surface area contributed by atoms with Gasteiger partial charge < -0.3 is 0 Å². The highest BCUT2D eigenvalue weighted by Gasteiger charge is 2.12. The highest BCUT2D eigenvalue weighted by atomic mass is 14.2. The van der Waals surface area contributed by atoms with Crippen LogP contribution in [0.4, 0.5) is 0 Å². The SMILES string of the molecule is CCCCCCCc1cccc(C(C)C)c1-c1ccccc1. The lowest BCUT2D eigenvalue weighted by molar-refractivity contribution is 0.632. The molecule has 0 fully saturated rings. The van der Waals surface area contributed by atoms with Gasteiger partial charge in [0.25, 0.3) is 0 Å². The minimum Gasteiger partial charge on any atom is -0.0654 e. The fourth-order valence-corrected chi connectivity index (χ4v) is 3.19. The van der Waals surface area contributed by atoms with Gasteiger partial charge in [0.15, 0.2) is 0 Å². The number of unbranched alkanes of at least 4 members (excludes halogenated alkanes) is 4. The van der Waals surface area contributed by atoms with Crippen molar-refractivity contribution in [1.82, 2.24) is 0 Å². The topological polar surface area (TPSA) is 0 Å². The molecule has 2 aromatic carbocycles. The molecular weight excluding hydrogens is 264 g/mol. The molecule has 0 atom stereocenters. The summed E-state index contributed by atoms with van der Waals surface area (Å²) in [6, 6.07) is 17.8. The van der Waals surface area contributed by atoms with Gasteiger partial charge in [-0.1, -0.05) is 95.0 Å². The Labute approximate surface area is 136 Å². The monoisotopic (exact) mass is 294 g/mol. The Morgan fingerprint density at radius 2 is 1.50 bits per heavy atom. The minimum absolute atomic E-state index is 0.565. The summed E-state index contributed by atoms with van der Waals surface area (Å²) >= 11 is 0. The Kier molecular flexibility index (Phi) is 6.71. The van der Waals surface area contributed by atoms with E-state index in [9.17, 15) is 0 Å². The number of rotatable bonds is 8. The van der Waals surface area contributed by atoms with Crippen molar-refractivity contribution in [1.29, 1.82) is 0 Å². The van der Waals surface area contributed by atoms with Gasteiger partial charge in [0.1, 0.15) is 0 Å². The predicted molar refractivity (Wildman–Crippen MR) is 98.4 cm³/mol. The molecule has 0 spiro atoms. The van der Waals surface area contributed by atoms with E-state index in [1.807, 2.05) is 0 Å². The second kappa shape index (κ2) is 8.78. The Morgan fingerprint density at radius 1 is 0.773 bits per heavy atom. The first-order chi connectivity index (χ1) is 10.7. The molecule has 0 unspecified atom stereocenters. The maximum atomic E-state index is 2.33. The zero-order valence-electron chi connectivity index (χ0n) is 14.4. The van der Waals surface area contributed by atoms with E-state index in [0.717, 1.165) is 0 Å². The first-order valence-corrected chi connectivity index (χ1v) is 8.91. The van der Waals surface area contributed by atoms with Gasteiger partial charge in [0, 0.05) is 0 Å². The van der Waals surface area contributed by atoms with E-state index in [1.165, 1.54) is 60.8 Å². The second-order valence-corrected chi connectivity index (χ2v) is 6.57. The van der Waals surface area contributed by atoms with Crippen LogP contribution in [0.25, 0.3) is 11.1 Å². The molecule has 22 heavy (non-hydrogen) atoms. The van der Waals surface area contributed by atoms with E-state index in [1.54, 1.807) is 0 Å². The van der Waals surface area contributed by atoms with Gasteiger partial charge in [-0.15, -0.1) is 0 Å². The van der Waals surface area contributed by atoms with Crippen LogP contribution in [-0.4, -0.2) is 0 Å². The van der Waals surface area contributed by atoms with Crippen LogP contribution in [0.2, 0.25) is 0 Å². The Hall–Kier alpha value is -1.56. The normalized spacial score (nSPS) is 11.1. The third-order valence-electron chi connectivity index (χ3n) is 4.42. The fraction of sp³-hybridized carbons (Fsp3) is 0.455. The molecule has 0 heterocycles. The smallest absolute Gasteiger partial charge is 0.0117 e. The van der Waals surface area contributed by atoms with Crippen molar-refractivity contribution in [2.24, 2.45) is 0 Å². The summed E-state index contributed by atoms with van der Waals surface area (Å²) in [5.74, 6) is 0.565. The minimum atomic E-state index is 0.565. The van der Waals surface area contributed by atoms with Crippen LogP contribution in [0, 0.1) is 0 Å². The highest BCUT2D eigenvalue weighted by molar-refractivity contribution is 5.71. The summed E-state index contributed by atoms with van der Waals surface area (Å²) in [7, 11) is 0. The summed E-state index contributed by atoms with van der Waals surface area (Å²) in [6.45, 7) is 6.87. The quantitative estimate of drug-likeness (QED) is 0.460. The van der Waals surface area contributed by atoms with Crippen molar-refractivity contribution in [3.63, 3.8) is 0 Å². The van der Waals surface area contributed by atoms with Gasteiger partial charge >= 0.3 is 0 Å². The second-order valence-electron chi connectivity index (χ2n) is 6.57. The molecule has 0 aliphatic heterocycles. The van der Waals surface area contributed by atoms with E-state index in [2.05, 4.69) is 69.3 Å². The first-order valence-electron chi connectivity index (χ1n) is 8.91. The predicted octanol–water partition coefficient (Wildman–Crippen LogP) is 6.99. The molecular formula is C22H30. The molecule has 0 amide bonds. The van der Waals surface area contributed by atoms with Crippen molar-refractivity contribution in [2.45, 2.75) is 65.2 Å². The van der Waals surface area contributed by atoms with Crippen molar-refractivity contribution in [3.05, 3.63) is 59.7 Å². The third kappa shape index (κ3) is 4.47. The van der Waals surface area contributed by atoms with Crippen molar-refractivity contribution in [3.8, 4) is 11.1 Å². The van der Waals surface area contributed by atoms with E-state index >= 15 is 0 Å². The van der Waals surface area contributed by atoms with Crippen LogP contribution < -0.4 is 0 Å². The summed E-state index contributed by atoms with van der Waals surface area (Å²) in [4.78, 5) is 0. The summed E-state index contributed by atoms with van der Waals surface area (Å²) < 4.78 is 0. The molecule has 0 saturated heterocycles. The zero-order chi connectivity index (χ0) is 15.8. The van der Waals surface area contributed by atoms with E-state index in [-0.39, 0.29) is 0 Å². The number of hydrogen-bond donors (Lipinski definition) is 0. The van der Waals surface area contributed by atoms with Crippen molar-refractivity contribution >= 4 is 0 Å². The molecule has 0 radical (unpaired) electrons. The average Bonchev–Trinajstić information content (AvgIpc) is 2.55. The number of aryl methyl sites for hydroxylation is 1. The molecule has 0 aliphatic carbocycles. The van der Waals surface area contributed by atoms with Gasteiger partial charge in [-0.2, -0.15) is 0 Å². The summed E-state index contributed by atoms with van der Waals surface area (Å²) in [5, 5.41) is 0. The average molecular weight is 294 g/mol. The lowest BCUT2D eigenvalue weighted by atomic mass is 9.87. The molecule has 2 rings (SSSR count). The van der Waals surface area contributed by atoms with Crippen molar-refractivity contribution < 1.29 is 0 Å². The van der Waals surface area contributed by atoms with Crippen LogP contribution in [0.15, 0.2) is 48.5 Å². The highest BCUT2D eigenvalue weighted by Crippen LogP contribution is 2.33. The van der Waals surface area contributed by atoms with Gasteiger partial charge in [-0.3, -0.25) is 0 Å². The fourth-order valence-electron chi connectivity index (χ4n) is 3.19. The third-order valence-corrected chi connectivity index (χ3v) is 4.42. The Morgan fingerprint density at radius 3 is 2.18 bits per heavy atom. The molecule has 118 valence electrons. The zero-order valence-corrected chi connectivity index (χ0v) is 14.4. The van der Waals surface area contributed by atoms with E-state index < -0.39 is 0 Å². The first kappa shape index (κ1) is 16.8. The van der Waals surface area contributed by atoms with Crippen LogP contribution >= 0.6 is 0 Å². The van der Waals surface area contributed by atoms with Crippen LogP contribution in [0.3, 0.4) is 0 Å². The van der Waals surface area contributed by atoms with Gasteiger partial charge in [-0.05, 0) is 41.0 Å². The van der Waals surface area contributed by atoms with Gasteiger partial charge in [0.2, 0.25) is 0 Å². The Bertz CT molecular complexity index is 552. The maximum absolute atomic E-state index is 2.33. The molecule has 0 heteroatoms. The van der Waals surface area contributed by atoms with Crippen molar-refractivity contribution in [2.75, 3.05) is 0 Å². The van der Waals surface area contributed by atoms with Crippen LogP contribution in [-0.2, 0) is 6.42 Å². The molecule has 2 aromatic rings. The maximum Gasteiger partial charge on any atom is -0.0117 e. The summed E-state index contributed by atoms with van der Waals surface area (Å²) in [6.07, 6.45) is 7.93.